The fourth-order valence-corrected chi connectivity index (χ4v) is 2.01. The number of carbonyl (C=O) groups is 1. The predicted molar refractivity (Wildman–Crippen MR) is 53.0 cm³/mol. The molecule has 0 unspecified atom stereocenters. The van der Waals surface area contributed by atoms with E-state index in [0.717, 1.165) is 44.6 Å². The third kappa shape index (κ3) is 4.07. The van der Waals surface area contributed by atoms with Crippen molar-refractivity contribution in [2.75, 3.05) is 13.2 Å². The van der Waals surface area contributed by atoms with Crippen LogP contribution in [0, 0.1) is 5.92 Å². The molecular formula is C10H19NO3. The zero-order chi connectivity index (χ0) is 10.4. The van der Waals surface area contributed by atoms with Gasteiger partial charge in [-0.1, -0.05) is 0 Å². The Labute approximate surface area is 84.4 Å². The van der Waals surface area contributed by atoms with E-state index in [1.165, 1.54) is 0 Å². The summed E-state index contributed by atoms with van der Waals surface area (Å²) in [5.74, 6) is -0.154. The predicted octanol–water partition coefficient (Wildman–Crippen LogP) is 0.995. The molecule has 0 spiro atoms. The van der Waals surface area contributed by atoms with Crippen LogP contribution in [0.15, 0.2) is 0 Å². The minimum atomic E-state index is -0.880. The summed E-state index contributed by atoms with van der Waals surface area (Å²) in [4.78, 5) is 10.3. The lowest BCUT2D eigenvalue weighted by atomic mass is 9.85. The van der Waals surface area contributed by atoms with Gasteiger partial charge in [-0.25, -0.2) is 4.79 Å². The summed E-state index contributed by atoms with van der Waals surface area (Å²) in [6, 6.07) is 0. The quantitative estimate of drug-likeness (QED) is 0.696. The lowest BCUT2D eigenvalue weighted by Gasteiger charge is -2.27. The molecule has 1 aliphatic rings. The van der Waals surface area contributed by atoms with Gasteiger partial charge in [-0.3, -0.25) is 0 Å². The Balaban J connectivity index is 2.12. The van der Waals surface area contributed by atoms with Gasteiger partial charge in [0.2, 0.25) is 0 Å². The van der Waals surface area contributed by atoms with E-state index in [9.17, 15) is 4.79 Å². The number of ether oxygens (including phenoxy) is 1. The van der Waals surface area contributed by atoms with E-state index in [-0.39, 0.29) is 12.7 Å². The lowest BCUT2D eigenvalue weighted by molar-refractivity contribution is -0.145. The fourth-order valence-electron chi connectivity index (χ4n) is 2.01. The molecule has 1 saturated carbocycles. The molecule has 0 aromatic carbocycles. The van der Waals surface area contributed by atoms with E-state index in [4.69, 9.17) is 15.6 Å². The van der Waals surface area contributed by atoms with E-state index < -0.39 is 5.97 Å². The maximum atomic E-state index is 10.3. The van der Waals surface area contributed by atoms with Crippen LogP contribution in [0.25, 0.3) is 0 Å². The summed E-state index contributed by atoms with van der Waals surface area (Å²) in [6.45, 7) is 0.595. The molecule has 0 heterocycles. The molecule has 4 heteroatoms. The van der Waals surface area contributed by atoms with Gasteiger partial charge in [0, 0.05) is 0 Å². The smallest absolute Gasteiger partial charge is 0.329 e. The molecule has 3 N–H and O–H groups in total. The first kappa shape index (κ1) is 11.5. The van der Waals surface area contributed by atoms with E-state index >= 15 is 0 Å². The van der Waals surface area contributed by atoms with Crippen molar-refractivity contribution in [3.05, 3.63) is 0 Å². The molecule has 1 fully saturated rings. The summed E-state index contributed by atoms with van der Waals surface area (Å²) >= 11 is 0. The van der Waals surface area contributed by atoms with Gasteiger partial charge < -0.3 is 15.6 Å². The van der Waals surface area contributed by atoms with E-state index in [0.29, 0.717) is 0 Å². The number of aliphatic carboxylic acids is 1. The minimum Gasteiger partial charge on any atom is -0.480 e. The van der Waals surface area contributed by atoms with Crippen LogP contribution in [0.4, 0.5) is 0 Å². The van der Waals surface area contributed by atoms with Crippen molar-refractivity contribution in [3.63, 3.8) is 0 Å². The Morgan fingerprint density at radius 3 is 2.50 bits per heavy atom. The van der Waals surface area contributed by atoms with Crippen LogP contribution in [0.2, 0.25) is 0 Å². The molecule has 0 aromatic heterocycles. The standard InChI is InChI=1S/C10H19NO3/c11-6-5-8-1-3-9(4-2-8)14-7-10(12)13/h8-9H,1-7,11H2,(H,12,13). The van der Waals surface area contributed by atoms with E-state index in [1.54, 1.807) is 0 Å². The van der Waals surface area contributed by atoms with Crippen LogP contribution in [-0.2, 0) is 9.53 Å². The summed E-state index contributed by atoms with van der Waals surface area (Å²) in [5, 5.41) is 8.44. The van der Waals surface area contributed by atoms with Gasteiger partial charge >= 0.3 is 5.97 Å². The van der Waals surface area contributed by atoms with Crippen molar-refractivity contribution in [1.29, 1.82) is 0 Å². The second-order valence-electron chi connectivity index (χ2n) is 3.92. The molecule has 0 saturated heterocycles. The van der Waals surface area contributed by atoms with Gasteiger partial charge in [0.05, 0.1) is 6.10 Å². The first-order chi connectivity index (χ1) is 6.72. The summed E-state index contributed by atoms with van der Waals surface area (Å²) in [6.07, 6.45) is 5.46. The Bertz CT molecular complexity index is 176. The fraction of sp³-hybridized carbons (Fsp3) is 0.900. The number of carboxylic acids is 1. The van der Waals surface area contributed by atoms with Gasteiger partial charge in [0.1, 0.15) is 6.61 Å². The normalized spacial score (nSPS) is 27.5. The van der Waals surface area contributed by atoms with Crippen LogP contribution >= 0.6 is 0 Å². The second kappa shape index (κ2) is 5.98. The maximum Gasteiger partial charge on any atom is 0.329 e. The number of hydrogen-bond donors (Lipinski definition) is 2. The van der Waals surface area contributed by atoms with Crippen molar-refractivity contribution < 1.29 is 14.6 Å². The largest absolute Gasteiger partial charge is 0.480 e. The number of hydrogen-bond acceptors (Lipinski definition) is 3. The van der Waals surface area contributed by atoms with Crippen LogP contribution in [0.3, 0.4) is 0 Å². The van der Waals surface area contributed by atoms with Gasteiger partial charge in [0.15, 0.2) is 0 Å². The highest BCUT2D eigenvalue weighted by Crippen LogP contribution is 2.27. The molecule has 82 valence electrons. The van der Waals surface area contributed by atoms with Crippen molar-refractivity contribution in [2.45, 2.75) is 38.2 Å². The summed E-state index contributed by atoms with van der Waals surface area (Å²) in [5.41, 5.74) is 5.48. The van der Waals surface area contributed by atoms with Crippen LogP contribution < -0.4 is 5.73 Å². The third-order valence-electron chi connectivity index (χ3n) is 2.81. The Morgan fingerprint density at radius 1 is 1.36 bits per heavy atom. The monoisotopic (exact) mass is 201 g/mol. The van der Waals surface area contributed by atoms with Gasteiger partial charge in [0.25, 0.3) is 0 Å². The second-order valence-corrected chi connectivity index (χ2v) is 3.92. The van der Waals surface area contributed by atoms with Crippen molar-refractivity contribution in [3.8, 4) is 0 Å². The highest BCUT2D eigenvalue weighted by Gasteiger charge is 2.21. The Kier molecular flexibility index (Phi) is 4.90. The van der Waals surface area contributed by atoms with E-state index in [1.807, 2.05) is 0 Å². The summed E-state index contributed by atoms with van der Waals surface area (Å²) < 4.78 is 5.24. The van der Waals surface area contributed by atoms with E-state index in [2.05, 4.69) is 0 Å². The van der Waals surface area contributed by atoms with Crippen molar-refractivity contribution >= 4 is 5.97 Å². The molecule has 0 radical (unpaired) electrons. The molecule has 0 aliphatic heterocycles. The van der Waals surface area contributed by atoms with Gasteiger partial charge in [-0.2, -0.15) is 0 Å². The van der Waals surface area contributed by atoms with Gasteiger partial charge in [-0.05, 0) is 44.6 Å². The number of nitrogens with two attached hydrogens (primary N) is 1. The highest BCUT2D eigenvalue weighted by atomic mass is 16.5. The molecule has 14 heavy (non-hydrogen) atoms. The Morgan fingerprint density at radius 2 is 2.00 bits per heavy atom. The highest BCUT2D eigenvalue weighted by molar-refractivity contribution is 5.68. The first-order valence-corrected chi connectivity index (χ1v) is 5.26. The molecule has 0 amide bonds. The molecule has 1 aliphatic carbocycles. The van der Waals surface area contributed by atoms with Crippen LogP contribution in [-0.4, -0.2) is 30.3 Å². The average molecular weight is 201 g/mol. The lowest BCUT2D eigenvalue weighted by Crippen LogP contribution is -2.25. The van der Waals surface area contributed by atoms with Crippen LogP contribution in [0.5, 0.6) is 0 Å². The SMILES string of the molecule is NCCC1CCC(OCC(=O)O)CC1. The molecule has 0 atom stereocenters. The molecule has 0 bridgehead atoms. The Hall–Kier alpha value is -0.610. The summed E-state index contributed by atoms with van der Waals surface area (Å²) in [7, 11) is 0. The molecule has 1 rings (SSSR count). The van der Waals surface area contributed by atoms with Crippen LogP contribution in [0.1, 0.15) is 32.1 Å². The minimum absolute atomic E-state index is 0.153. The molecular weight excluding hydrogens is 182 g/mol. The molecule has 4 nitrogen and oxygen atoms in total. The average Bonchev–Trinajstić information content (AvgIpc) is 2.17. The topological polar surface area (TPSA) is 72.5 Å². The third-order valence-corrected chi connectivity index (χ3v) is 2.81. The zero-order valence-corrected chi connectivity index (χ0v) is 8.45. The van der Waals surface area contributed by atoms with Gasteiger partial charge in [-0.15, -0.1) is 0 Å². The first-order valence-electron chi connectivity index (χ1n) is 5.26. The maximum absolute atomic E-state index is 10.3. The van der Waals surface area contributed by atoms with Crippen molar-refractivity contribution in [1.82, 2.24) is 0 Å². The molecule has 0 aromatic rings. The number of carboxylic acid groups (broad SMARTS) is 1. The number of rotatable bonds is 5. The zero-order valence-electron chi connectivity index (χ0n) is 8.45. The van der Waals surface area contributed by atoms with Crippen molar-refractivity contribution in [2.24, 2.45) is 11.7 Å².